The van der Waals surface area contributed by atoms with Crippen molar-refractivity contribution in [3.63, 3.8) is 0 Å². The number of aryl methyl sites for hydroxylation is 1. The second-order valence-corrected chi connectivity index (χ2v) is 6.53. The molecule has 3 amide bonds. The van der Waals surface area contributed by atoms with Crippen LogP contribution in [0.2, 0.25) is 0 Å². The molecule has 29 heavy (non-hydrogen) atoms. The standard InChI is InChI=1S/C23H23N3O3/c1-17-7-5-9-19(13-17)25-23(28)26-20-10-6-8-18(14-20)15-24-22(27)16-29-21-11-3-2-4-12-21/h2-14H,15-16H2,1H3,(H,24,27)(H2,25,26,28). The molecule has 0 saturated carbocycles. The summed E-state index contributed by atoms with van der Waals surface area (Å²) >= 11 is 0. The third-order valence-corrected chi connectivity index (χ3v) is 4.06. The summed E-state index contributed by atoms with van der Waals surface area (Å²) in [6.07, 6.45) is 0. The number of carbonyl (C=O) groups is 2. The molecule has 0 fully saturated rings. The summed E-state index contributed by atoms with van der Waals surface area (Å²) in [6.45, 7) is 2.25. The van der Waals surface area contributed by atoms with E-state index in [-0.39, 0.29) is 18.5 Å². The zero-order chi connectivity index (χ0) is 20.5. The van der Waals surface area contributed by atoms with Gasteiger partial charge in [-0.05, 0) is 54.4 Å². The molecule has 0 aromatic heterocycles. The van der Waals surface area contributed by atoms with Crippen LogP contribution in [-0.4, -0.2) is 18.5 Å². The third-order valence-electron chi connectivity index (χ3n) is 4.06. The van der Waals surface area contributed by atoms with Crippen molar-refractivity contribution in [2.24, 2.45) is 0 Å². The number of amides is 3. The number of hydrogen-bond donors (Lipinski definition) is 3. The van der Waals surface area contributed by atoms with Crippen LogP contribution in [0.5, 0.6) is 5.75 Å². The molecular formula is C23H23N3O3. The van der Waals surface area contributed by atoms with Gasteiger partial charge in [0.2, 0.25) is 0 Å². The van der Waals surface area contributed by atoms with Gasteiger partial charge in [0.05, 0.1) is 0 Å². The summed E-state index contributed by atoms with van der Waals surface area (Å²) in [4.78, 5) is 24.1. The van der Waals surface area contributed by atoms with Crippen LogP contribution >= 0.6 is 0 Å². The molecule has 0 aliphatic carbocycles. The first-order chi connectivity index (χ1) is 14.1. The van der Waals surface area contributed by atoms with Gasteiger partial charge in [0.1, 0.15) is 5.75 Å². The molecule has 0 spiro atoms. The first-order valence-electron chi connectivity index (χ1n) is 9.27. The lowest BCUT2D eigenvalue weighted by Gasteiger charge is -2.10. The van der Waals surface area contributed by atoms with Crippen molar-refractivity contribution in [3.05, 3.63) is 90.0 Å². The van der Waals surface area contributed by atoms with Gasteiger partial charge in [0, 0.05) is 17.9 Å². The van der Waals surface area contributed by atoms with Crippen molar-refractivity contribution in [3.8, 4) is 5.75 Å². The number of carbonyl (C=O) groups excluding carboxylic acids is 2. The van der Waals surface area contributed by atoms with E-state index in [1.807, 2.05) is 67.6 Å². The Hall–Kier alpha value is -3.80. The normalized spacial score (nSPS) is 10.1. The second-order valence-electron chi connectivity index (χ2n) is 6.53. The number of urea groups is 1. The van der Waals surface area contributed by atoms with Crippen LogP contribution < -0.4 is 20.7 Å². The van der Waals surface area contributed by atoms with Crippen molar-refractivity contribution in [2.75, 3.05) is 17.2 Å². The number of benzene rings is 3. The van der Waals surface area contributed by atoms with Crippen molar-refractivity contribution >= 4 is 23.3 Å². The van der Waals surface area contributed by atoms with Gasteiger partial charge in [0.15, 0.2) is 6.61 Å². The minimum atomic E-state index is -0.326. The van der Waals surface area contributed by atoms with Gasteiger partial charge in [-0.25, -0.2) is 4.79 Å². The second kappa shape index (κ2) is 9.94. The van der Waals surface area contributed by atoms with Crippen LogP contribution in [0.4, 0.5) is 16.2 Å². The summed E-state index contributed by atoms with van der Waals surface area (Å²) in [7, 11) is 0. The van der Waals surface area contributed by atoms with Crippen LogP contribution in [0, 0.1) is 6.92 Å². The lowest BCUT2D eigenvalue weighted by Crippen LogP contribution is -2.28. The zero-order valence-electron chi connectivity index (χ0n) is 16.1. The van der Waals surface area contributed by atoms with Gasteiger partial charge >= 0.3 is 6.03 Å². The highest BCUT2D eigenvalue weighted by Crippen LogP contribution is 2.13. The molecule has 0 aliphatic rings. The minimum absolute atomic E-state index is 0.0547. The van der Waals surface area contributed by atoms with E-state index >= 15 is 0 Å². The van der Waals surface area contributed by atoms with Gasteiger partial charge in [-0.3, -0.25) is 4.79 Å². The molecule has 0 bridgehead atoms. The van der Waals surface area contributed by atoms with Crippen molar-refractivity contribution in [1.82, 2.24) is 5.32 Å². The molecule has 6 heteroatoms. The maximum Gasteiger partial charge on any atom is 0.323 e. The highest BCUT2D eigenvalue weighted by Gasteiger charge is 2.06. The zero-order valence-corrected chi connectivity index (χ0v) is 16.1. The minimum Gasteiger partial charge on any atom is -0.484 e. The number of ether oxygens (including phenoxy) is 1. The molecule has 3 N–H and O–H groups in total. The first kappa shape index (κ1) is 19.9. The van der Waals surface area contributed by atoms with E-state index in [0.717, 1.165) is 16.8 Å². The molecule has 0 unspecified atom stereocenters. The van der Waals surface area contributed by atoms with E-state index in [1.165, 1.54) is 0 Å². The van der Waals surface area contributed by atoms with E-state index in [9.17, 15) is 9.59 Å². The summed E-state index contributed by atoms with van der Waals surface area (Å²) in [5.41, 5.74) is 3.30. The smallest absolute Gasteiger partial charge is 0.323 e. The SMILES string of the molecule is Cc1cccc(NC(=O)Nc2cccc(CNC(=O)COc3ccccc3)c2)c1. The number of rotatable bonds is 7. The summed E-state index contributed by atoms with van der Waals surface area (Å²) in [5.74, 6) is 0.429. The number of anilines is 2. The topological polar surface area (TPSA) is 79.5 Å². The summed E-state index contributed by atoms with van der Waals surface area (Å²) in [6, 6.07) is 23.7. The Morgan fingerprint density at radius 1 is 0.828 bits per heavy atom. The molecule has 3 aromatic rings. The Kier molecular flexibility index (Phi) is 6.84. The molecule has 3 aromatic carbocycles. The average molecular weight is 389 g/mol. The molecule has 3 rings (SSSR count). The van der Waals surface area contributed by atoms with E-state index in [2.05, 4.69) is 16.0 Å². The third kappa shape index (κ3) is 6.70. The van der Waals surface area contributed by atoms with E-state index in [4.69, 9.17) is 4.74 Å². The lowest BCUT2D eigenvalue weighted by molar-refractivity contribution is -0.123. The molecule has 0 heterocycles. The molecule has 0 atom stereocenters. The molecular weight excluding hydrogens is 366 g/mol. The predicted octanol–water partition coefficient (Wildman–Crippen LogP) is 4.33. The fraction of sp³-hybridized carbons (Fsp3) is 0.130. The van der Waals surface area contributed by atoms with Crippen LogP contribution in [0.25, 0.3) is 0 Å². The quantitative estimate of drug-likeness (QED) is 0.563. The van der Waals surface area contributed by atoms with Gasteiger partial charge < -0.3 is 20.7 Å². The number of hydrogen-bond acceptors (Lipinski definition) is 3. The van der Waals surface area contributed by atoms with Crippen LogP contribution in [0.15, 0.2) is 78.9 Å². The Bertz CT molecular complexity index is 974. The lowest BCUT2D eigenvalue weighted by atomic mass is 10.2. The van der Waals surface area contributed by atoms with Crippen molar-refractivity contribution in [1.29, 1.82) is 0 Å². The Labute approximate surface area is 169 Å². The van der Waals surface area contributed by atoms with Crippen LogP contribution in [0.3, 0.4) is 0 Å². The Morgan fingerprint density at radius 3 is 2.24 bits per heavy atom. The molecule has 6 nitrogen and oxygen atoms in total. The van der Waals surface area contributed by atoms with Crippen molar-refractivity contribution in [2.45, 2.75) is 13.5 Å². The Balaban J connectivity index is 1.47. The largest absolute Gasteiger partial charge is 0.484 e. The van der Waals surface area contributed by atoms with Gasteiger partial charge in [-0.1, -0.05) is 42.5 Å². The summed E-state index contributed by atoms with van der Waals surface area (Å²) in [5, 5.41) is 8.40. The van der Waals surface area contributed by atoms with E-state index in [0.29, 0.717) is 18.0 Å². The van der Waals surface area contributed by atoms with Crippen LogP contribution in [-0.2, 0) is 11.3 Å². The number of para-hydroxylation sites is 1. The molecule has 0 saturated heterocycles. The Morgan fingerprint density at radius 2 is 1.52 bits per heavy atom. The fourth-order valence-electron chi connectivity index (χ4n) is 2.69. The highest BCUT2D eigenvalue weighted by atomic mass is 16.5. The maximum absolute atomic E-state index is 12.2. The van der Waals surface area contributed by atoms with Crippen LogP contribution in [0.1, 0.15) is 11.1 Å². The monoisotopic (exact) mass is 389 g/mol. The highest BCUT2D eigenvalue weighted by molar-refractivity contribution is 5.99. The molecule has 0 radical (unpaired) electrons. The van der Waals surface area contributed by atoms with E-state index in [1.54, 1.807) is 18.2 Å². The number of nitrogens with one attached hydrogen (secondary N) is 3. The molecule has 0 aliphatic heterocycles. The fourth-order valence-corrected chi connectivity index (χ4v) is 2.69. The van der Waals surface area contributed by atoms with Crippen molar-refractivity contribution < 1.29 is 14.3 Å². The first-order valence-corrected chi connectivity index (χ1v) is 9.27. The summed E-state index contributed by atoms with van der Waals surface area (Å²) < 4.78 is 5.42. The average Bonchev–Trinajstić information content (AvgIpc) is 2.72. The van der Waals surface area contributed by atoms with E-state index < -0.39 is 0 Å². The predicted molar refractivity (Wildman–Crippen MR) is 114 cm³/mol. The van der Waals surface area contributed by atoms with Gasteiger partial charge in [0.25, 0.3) is 5.91 Å². The maximum atomic E-state index is 12.2. The van der Waals surface area contributed by atoms with Gasteiger partial charge in [-0.15, -0.1) is 0 Å². The molecule has 148 valence electrons. The van der Waals surface area contributed by atoms with Gasteiger partial charge in [-0.2, -0.15) is 0 Å².